The van der Waals surface area contributed by atoms with Crippen molar-refractivity contribution in [2.45, 2.75) is 77.6 Å². The summed E-state index contributed by atoms with van der Waals surface area (Å²) >= 11 is 0. The minimum atomic E-state index is -3.45. The van der Waals surface area contributed by atoms with Crippen LogP contribution < -0.4 is 4.52 Å². The Labute approximate surface area is 184 Å². The maximum absolute atomic E-state index is 13.1. The van der Waals surface area contributed by atoms with Crippen molar-refractivity contribution >= 4 is 13.3 Å². The monoisotopic (exact) mass is 454 g/mol. The van der Waals surface area contributed by atoms with E-state index < -0.39 is 12.5 Å². The lowest BCUT2D eigenvalue weighted by molar-refractivity contribution is -0.384. The second kappa shape index (κ2) is 16.6. The van der Waals surface area contributed by atoms with Gasteiger partial charge in [-0.05, 0) is 30.5 Å². The molecule has 31 heavy (non-hydrogen) atoms. The first-order valence-corrected chi connectivity index (χ1v) is 12.9. The second-order valence-corrected chi connectivity index (χ2v) is 9.61. The first-order chi connectivity index (χ1) is 15.0. The summed E-state index contributed by atoms with van der Waals surface area (Å²) in [5.74, 6) is 0.251. The first kappa shape index (κ1) is 27.0. The zero-order valence-corrected chi connectivity index (χ0v) is 19.4. The topological polar surface area (TPSA) is 127 Å². The zero-order valence-electron chi connectivity index (χ0n) is 18.5. The molecule has 1 aromatic rings. The number of unbranched alkanes of at least 4 members (excludes halogenated alkanes) is 9. The summed E-state index contributed by atoms with van der Waals surface area (Å²) in [7, 11) is -3.45. The maximum atomic E-state index is 13.1. The van der Waals surface area contributed by atoms with Crippen LogP contribution in [0.4, 0.5) is 5.69 Å². The van der Waals surface area contributed by atoms with Crippen molar-refractivity contribution in [1.82, 2.24) is 0 Å². The molecule has 0 aromatic heterocycles. The third kappa shape index (κ3) is 13.0. The third-order valence-electron chi connectivity index (χ3n) is 4.83. The van der Waals surface area contributed by atoms with Crippen LogP contribution in [0.1, 0.15) is 77.6 Å². The lowest BCUT2D eigenvalue weighted by Crippen LogP contribution is -2.05. The number of hydrogen-bond acceptors (Lipinski definition) is 6. The summed E-state index contributed by atoms with van der Waals surface area (Å²) in [6, 6.07) is 5.40. The summed E-state index contributed by atoms with van der Waals surface area (Å²) in [6.07, 6.45) is 12.4. The van der Waals surface area contributed by atoms with Crippen LogP contribution in [-0.4, -0.2) is 24.2 Å². The molecule has 1 aromatic carbocycles. The van der Waals surface area contributed by atoms with Gasteiger partial charge in [-0.3, -0.25) is 14.6 Å². The van der Waals surface area contributed by atoms with Gasteiger partial charge in [0.1, 0.15) is 5.75 Å². The number of nitro benzene ring substituents is 1. The van der Waals surface area contributed by atoms with Crippen molar-refractivity contribution in [2.75, 3.05) is 19.3 Å². The molecule has 0 aliphatic heterocycles. The molecule has 0 aliphatic carbocycles. The molecule has 0 fully saturated rings. The molecule has 1 atom stereocenters. The quantitative estimate of drug-likeness (QED) is 0.0400. The molecule has 9 nitrogen and oxygen atoms in total. The summed E-state index contributed by atoms with van der Waals surface area (Å²) in [6.45, 7) is 2.74. The Bertz CT molecular complexity index is 723. The van der Waals surface area contributed by atoms with Gasteiger partial charge in [0.2, 0.25) is 0 Å². The van der Waals surface area contributed by atoms with Crippen LogP contribution in [0.2, 0.25) is 0 Å². The number of azide groups is 1. The van der Waals surface area contributed by atoms with Crippen molar-refractivity contribution in [1.29, 1.82) is 0 Å². The van der Waals surface area contributed by atoms with E-state index in [1.54, 1.807) is 0 Å². The lowest BCUT2D eigenvalue weighted by Gasteiger charge is -2.19. The van der Waals surface area contributed by atoms with Gasteiger partial charge in [0.05, 0.1) is 17.7 Å². The Kier molecular flexibility index (Phi) is 14.4. The minimum absolute atomic E-state index is 0.0724. The van der Waals surface area contributed by atoms with Crippen LogP contribution in [0.15, 0.2) is 29.4 Å². The van der Waals surface area contributed by atoms with Crippen molar-refractivity contribution in [3.05, 3.63) is 44.8 Å². The molecule has 0 radical (unpaired) electrons. The van der Waals surface area contributed by atoms with E-state index in [0.717, 1.165) is 19.3 Å². The van der Waals surface area contributed by atoms with Crippen LogP contribution in [0.3, 0.4) is 0 Å². The van der Waals surface area contributed by atoms with Crippen LogP contribution >= 0.6 is 7.60 Å². The van der Waals surface area contributed by atoms with Gasteiger partial charge < -0.3 is 4.52 Å². The van der Waals surface area contributed by atoms with E-state index in [4.69, 9.17) is 14.6 Å². The summed E-state index contributed by atoms with van der Waals surface area (Å²) < 4.78 is 24.3. The minimum Gasteiger partial charge on any atom is -0.424 e. The highest BCUT2D eigenvalue weighted by Gasteiger charge is 2.26. The molecule has 0 N–H and O–H groups in total. The van der Waals surface area contributed by atoms with Gasteiger partial charge >= 0.3 is 7.60 Å². The fourth-order valence-corrected chi connectivity index (χ4v) is 4.75. The Morgan fingerprint density at radius 2 is 1.58 bits per heavy atom. The number of non-ortho nitro benzene ring substituents is 1. The highest BCUT2D eigenvalue weighted by Crippen LogP contribution is 2.49. The Morgan fingerprint density at radius 1 is 1.00 bits per heavy atom. The molecule has 0 heterocycles. The van der Waals surface area contributed by atoms with E-state index in [0.29, 0.717) is 13.0 Å². The molecule has 0 aliphatic rings. The Hall–Kier alpha value is -2.08. The van der Waals surface area contributed by atoms with E-state index in [1.807, 2.05) is 0 Å². The smallest absolute Gasteiger partial charge is 0.379 e. The molecule has 10 heteroatoms. The normalized spacial score (nSPS) is 12.7. The van der Waals surface area contributed by atoms with Crippen LogP contribution in [-0.2, 0) is 9.09 Å². The maximum Gasteiger partial charge on any atom is 0.379 e. The number of hydrogen-bond donors (Lipinski definition) is 0. The van der Waals surface area contributed by atoms with E-state index in [-0.39, 0.29) is 24.1 Å². The van der Waals surface area contributed by atoms with Crippen molar-refractivity contribution in [3.63, 3.8) is 0 Å². The fraction of sp³-hybridized carbons (Fsp3) is 0.714. The molecular formula is C21H35N4O5P. The van der Waals surface area contributed by atoms with E-state index in [2.05, 4.69) is 16.9 Å². The van der Waals surface area contributed by atoms with Crippen molar-refractivity contribution in [2.24, 2.45) is 5.11 Å². The van der Waals surface area contributed by atoms with Crippen LogP contribution in [0, 0.1) is 10.1 Å². The highest BCUT2D eigenvalue weighted by atomic mass is 31.2. The van der Waals surface area contributed by atoms with Gasteiger partial charge in [-0.2, -0.15) is 0 Å². The number of nitro groups is 1. The van der Waals surface area contributed by atoms with Gasteiger partial charge in [0.15, 0.2) is 0 Å². The molecular weight excluding hydrogens is 419 g/mol. The summed E-state index contributed by atoms with van der Waals surface area (Å²) in [4.78, 5) is 13.0. The van der Waals surface area contributed by atoms with E-state index in [9.17, 15) is 14.7 Å². The summed E-state index contributed by atoms with van der Waals surface area (Å²) in [5.41, 5.74) is 8.32. The van der Waals surface area contributed by atoms with E-state index >= 15 is 0 Å². The Morgan fingerprint density at radius 3 is 2.13 bits per heavy atom. The number of rotatable bonds is 19. The standard InChI is InChI=1S/C21H35N4O5P/c1-2-3-4-5-6-7-8-9-10-11-18-29-31(28,19-12-17-23-24-22)30-21-15-13-20(14-16-21)25(26)27/h13-16H,2-12,17-19H2,1H3. The second-order valence-electron chi connectivity index (χ2n) is 7.50. The predicted octanol–water partition coefficient (Wildman–Crippen LogP) is 7.80. The molecule has 0 amide bonds. The lowest BCUT2D eigenvalue weighted by atomic mass is 10.1. The average molecular weight is 455 g/mol. The molecule has 0 spiro atoms. The largest absolute Gasteiger partial charge is 0.424 e. The van der Waals surface area contributed by atoms with Gasteiger partial charge in [-0.15, -0.1) is 0 Å². The first-order valence-electron chi connectivity index (χ1n) is 11.2. The van der Waals surface area contributed by atoms with Gasteiger partial charge in [-0.1, -0.05) is 69.8 Å². The van der Waals surface area contributed by atoms with Crippen molar-refractivity contribution in [3.8, 4) is 5.75 Å². The number of benzene rings is 1. The summed E-state index contributed by atoms with van der Waals surface area (Å²) in [5, 5.41) is 14.2. The predicted molar refractivity (Wildman–Crippen MR) is 123 cm³/mol. The zero-order chi connectivity index (χ0) is 22.8. The van der Waals surface area contributed by atoms with Gasteiger partial charge in [-0.25, -0.2) is 4.57 Å². The van der Waals surface area contributed by atoms with E-state index in [1.165, 1.54) is 69.2 Å². The SMILES string of the molecule is CCCCCCCCCCCCOP(=O)(CCCN=[N+]=[N-])Oc1ccc([N+](=O)[O-])cc1. The van der Waals surface area contributed by atoms with Crippen molar-refractivity contribution < 1.29 is 18.5 Å². The highest BCUT2D eigenvalue weighted by molar-refractivity contribution is 7.54. The Balaban J connectivity index is 2.40. The molecule has 0 saturated carbocycles. The molecule has 174 valence electrons. The third-order valence-corrected chi connectivity index (χ3v) is 6.76. The van der Waals surface area contributed by atoms with Gasteiger partial charge in [0.25, 0.3) is 5.69 Å². The molecule has 1 rings (SSSR count). The molecule has 1 unspecified atom stereocenters. The molecule has 0 bridgehead atoms. The molecule has 0 saturated heterocycles. The van der Waals surface area contributed by atoms with Crippen LogP contribution in [0.5, 0.6) is 5.75 Å². The number of nitrogens with zero attached hydrogens (tertiary/aromatic N) is 4. The fourth-order valence-electron chi connectivity index (χ4n) is 3.10. The average Bonchev–Trinajstić information content (AvgIpc) is 2.75. The van der Waals surface area contributed by atoms with Crippen LogP contribution in [0.25, 0.3) is 10.4 Å². The van der Waals surface area contributed by atoms with Gasteiger partial charge in [0, 0.05) is 23.6 Å².